The summed E-state index contributed by atoms with van der Waals surface area (Å²) in [6.45, 7) is 1.88. The van der Waals surface area contributed by atoms with Crippen LogP contribution >= 0.6 is 0 Å². The van der Waals surface area contributed by atoms with Crippen molar-refractivity contribution >= 4 is 46.5 Å². The monoisotopic (exact) mass is 532 g/mol. The summed E-state index contributed by atoms with van der Waals surface area (Å²) < 4.78 is 5.55. The third-order valence-corrected chi connectivity index (χ3v) is 5.46. The van der Waals surface area contributed by atoms with Crippen LogP contribution in [0.25, 0.3) is 11.2 Å². The van der Waals surface area contributed by atoms with Gasteiger partial charge in [-0.3, -0.25) is 25.2 Å². The van der Waals surface area contributed by atoms with Crippen molar-refractivity contribution in [1.29, 1.82) is 0 Å². The second-order valence-electron chi connectivity index (χ2n) is 8.43. The molecule has 3 heterocycles. The van der Waals surface area contributed by atoms with Crippen molar-refractivity contribution in [1.82, 2.24) is 35.2 Å². The molecule has 0 bridgehead atoms. The van der Waals surface area contributed by atoms with E-state index in [0.717, 1.165) is 24.8 Å². The first-order chi connectivity index (χ1) is 18.8. The fourth-order valence-electron chi connectivity index (χ4n) is 3.46. The van der Waals surface area contributed by atoms with Gasteiger partial charge in [-0.2, -0.15) is 4.98 Å². The van der Waals surface area contributed by atoms with Crippen molar-refractivity contribution in [3.05, 3.63) is 53.7 Å². The molecule has 9 N–H and O–H groups in total. The molecule has 15 nitrogen and oxygen atoms in total. The SMILES string of the molecule is Cc1nc(C(=O)NC(N)=NCCCCc2ccc(OCC(=O)Nc3nc4ncncc4[nH]3)cc2)c(N)nc1N. The number of nitrogens with one attached hydrogen (secondary N) is 3. The van der Waals surface area contributed by atoms with Gasteiger partial charge in [-0.15, -0.1) is 0 Å². The molecule has 0 fully saturated rings. The number of aliphatic imine (C=N–C) groups is 1. The van der Waals surface area contributed by atoms with Crippen LogP contribution in [0.2, 0.25) is 0 Å². The molecule has 1 aromatic carbocycles. The minimum atomic E-state index is -0.603. The van der Waals surface area contributed by atoms with Crippen molar-refractivity contribution in [2.45, 2.75) is 26.2 Å². The van der Waals surface area contributed by atoms with E-state index in [1.54, 1.807) is 25.3 Å². The molecular weight excluding hydrogens is 504 g/mol. The molecular formula is C24H28N12O3. The number of H-pyrrole nitrogens is 1. The number of rotatable bonds is 10. The van der Waals surface area contributed by atoms with Gasteiger partial charge in [-0.05, 0) is 43.9 Å². The molecule has 3 aromatic heterocycles. The first-order valence-electron chi connectivity index (χ1n) is 12.0. The van der Waals surface area contributed by atoms with Gasteiger partial charge in [0.1, 0.15) is 23.4 Å². The maximum absolute atomic E-state index is 12.3. The van der Waals surface area contributed by atoms with E-state index in [0.29, 0.717) is 29.2 Å². The quantitative estimate of drug-likeness (QED) is 0.0943. The Morgan fingerprint density at radius 3 is 2.64 bits per heavy atom. The molecule has 0 spiro atoms. The lowest BCUT2D eigenvalue weighted by atomic mass is 10.1. The Kier molecular flexibility index (Phi) is 8.40. The molecule has 4 rings (SSSR count). The van der Waals surface area contributed by atoms with Crippen molar-refractivity contribution in [2.75, 3.05) is 29.9 Å². The Morgan fingerprint density at radius 2 is 1.87 bits per heavy atom. The average molecular weight is 533 g/mol. The minimum Gasteiger partial charge on any atom is -0.484 e. The van der Waals surface area contributed by atoms with Crippen molar-refractivity contribution in [3.8, 4) is 5.75 Å². The maximum atomic E-state index is 12.3. The molecule has 0 aliphatic rings. The zero-order valence-electron chi connectivity index (χ0n) is 21.1. The Morgan fingerprint density at radius 1 is 1.08 bits per heavy atom. The Labute approximate surface area is 222 Å². The lowest BCUT2D eigenvalue weighted by Gasteiger charge is -2.08. The number of benzene rings is 1. The van der Waals surface area contributed by atoms with Crippen LogP contribution in [0.4, 0.5) is 17.6 Å². The first-order valence-corrected chi connectivity index (χ1v) is 12.0. The standard InChI is InChI=1S/C24H28N12O3/c1-13-19(25)34-20(26)18(31-13)22(38)36-23(27)29-9-3-2-4-14-5-7-15(8-6-14)39-11-17(37)33-24-32-16-10-28-12-30-21(16)35-24/h5-8,10,12H,2-4,9,11H2,1H3,(H4,25,26,34)(H3,27,29,36,38)(H2,28,30,32,33,35,37). The summed E-state index contributed by atoms with van der Waals surface area (Å²) in [7, 11) is 0. The fourth-order valence-corrected chi connectivity index (χ4v) is 3.46. The largest absolute Gasteiger partial charge is 0.484 e. The molecule has 0 radical (unpaired) electrons. The number of aromatic amines is 1. The second kappa shape index (κ2) is 12.3. The first kappa shape index (κ1) is 26.7. The summed E-state index contributed by atoms with van der Waals surface area (Å²) in [4.78, 5) is 51.5. The zero-order valence-corrected chi connectivity index (χ0v) is 21.1. The normalized spacial score (nSPS) is 11.4. The van der Waals surface area contributed by atoms with Gasteiger partial charge in [0.25, 0.3) is 11.8 Å². The predicted molar refractivity (Wildman–Crippen MR) is 145 cm³/mol. The van der Waals surface area contributed by atoms with Gasteiger partial charge in [0, 0.05) is 6.54 Å². The molecule has 0 saturated heterocycles. The summed E-state index contributed by atoms with van der Waals surface area (Å²) >= 11 is 0. The Balaban J connectivity index is 1.15. The van der Waals surface area contributed by atoms with Crippen LogP contribution in [-0.2, 0) is 11.2 Å². The summed E-state index contributed by atoms with van der Waals surface area (Å²) in [5.74, 6) is -0.0723. The molecule has 0 saturated carbocycles. The number of ether oxygens (including phenoxy) is 1. The molecule has 39 heavy (non-hydrogen) atoms. The average Bonchev–Trinajstić information content (AvgIpc) is 3.32. The van der Waals surface area contributed by atoms with Gasteiger partial charge in [0.15, 0.2) is 29.7 Å². The molecule has 2 amide bonds. The third kappa shape index (κ3) is 7.34. The molecule has 202 valence electrons. The van der Waals surface area contributed by atoms with E-state index in [-0.39, 0.29) is 41.8 Å². The highest BCUT2D eigenvalue weighted by molar-refractivity contribution is 6.06. The number of carbonyl (C=O) groups is 2. The van der Waals surface area contributed by atoms with Crippen LogP contribution in [0.15, 0.2) is 41.8 Å². The highest BCUT2D eigenvalue weighted by Crippen LogP contribution is 2.15. The number of aromatic nitrogens is 6. The lowest BCUT2D eigenvalue weighted by Crippen LogP contribution is -2.38. The van der Waals surface area contributed by atoms with Crippen LogP contribution in [0.5, 0.6) is 5.75 Å². The van der Waals surface area contributed by atoms with E-state index >= 15 is 0 Å². The number of guanidine groups is 1. The number of amides is 2. The summed E-state index contributed by atoms with van der Waals surface area (Å²) in [6, 6.07) is 7.48. The molecule has 0 aliphatic heterocycles. The van der Waals surface area contributed by atoms with Crippen LogP contribution in [0.3, 0.4) is 0 Å². The minimum absolute atomic E-state index is 0.0322. The molecule has 0 unspecified atom stereocenters. The van der Waals surface area contributed by atoms with Crippen LogP contribution < -0.4 is 32.6 Å². The summed E-state index contributed by atoms with van der Waals surface area (Å²) in [5, 5.41) is 5.08. The maximum Gasteiger partial charge on any atom is 0.280 e. The summed E-state index contributed by atoms with van der Waals surface area (Å²) in [6.07, 6.45) is 5.37. The summed E-state index contributed by atoms with van der Waals surface area (Å²) in [5.41, 5.74) is 19.7. The van der Waals surface area contributed by atoms with E-state index in [2.05, 4.69) is 45.5 Å². The molecule has 4 aromatic rings. The number of unbranched alkanes of at least 4 members (excludes halogenated alkanes) is 1. The molecule has 0 aliphatic carbocycles. The smallest absolute Gasteiger partial charge is 0.280 e. The van der Waals surface area contributed by atoms with E-state index in [4.69, 9.17) is 21.9 Å². The number of aryl methyl sites for hydroxylation is 2. The van der Waals surface area contributed by atoms with Gasteiger partial charge >= 0.3 is 0 Å². The molecule has 15 heteroatoms. The number of anilines is 3. The number of hydrogen-bond acceptors (Lipinski definition) is 11. The number of carbonyl (C=O) groups excluding carboxylic acids is 2. The van der Waals surface area contributed by atoms with E-state index in [1.165, 1.54) is 6.33 Å². The van der Waals surface area contributed by atoms with Crippen molar-refractivity contribution in [2.24, 2.45) is 10.7 Å². The third-order valence-electron chi connectivity index (χ3n) is 5.46. The number of nitrogens with zero attached hydrogens (tertiary/aromatic N) is 6. The van der Waals surface area contributed by atoms with Crippen LogP contribution in [0, 0.1) is 6.92 Å². The topological polar surface area (TPSA) is 238 Å². The van der Waals surface area contributed by atoms with Gasteiger partial charge in [0.05, 0.1) is 11.9 Å². The highest BCUT2D eigenvalue weighted by Gasteiger charge is 2.16. The number of hydrogen-bond donors (Lipinski definition) is 6. The Bertz CT molecular complexity index is 1470. The van der Waals surface area contributed by atoms with Gasteiger partial charge in [0.2, 0.25) is 5.95 Å². The van der Waals surface area contributed by atoms with Crippen LogP contribution in [0.1, 0.15) is 34.6 Å². The van der Waals surface area contributed by atoms with E-state index < -0.39 is 5.91 Å². The second-order valence-corrected chi connectivity index (χ2v) is 8.43. The fraction of sp³-hybridized carbons (Fsp3) is 0.250. The Hall–Kier alpha value is -5.34. The number of imidazole rings is 1. The van der Waals surface area contributed by atoms with Crippen molar-refractivity contribution in [3.63, 3.8) is 0 Å². The van der Waals surface area contributed by atoms with E-state index in [9.17, 15) is 9.59 Å². The predicted octanol–water partition coefficient (Wildman–Crippen LogP) is 0.701. The number of nitrogen functional groups attached to an aromatic ring is 2. The zero-order chi connectivity index (χ0) is 27.8. The van der Waals surface area contributed by atoms with Gasteiger partial charge in [-0.1, -0.05) is 12.1 Å². The van der Waals surface area contributed by atoms with Gasteiger partial charge < -0.3 is 26.9 Å². The van der Waals surface area contributed by atoms with Crippen molar-refractivity contribution < 1.29 is 14.3 Å². The number of nitrogens with two attached hydrogens (primary N) is 3. The van der Waals surface area contributed by atoms with Crippen LogP contribution in [-0.4, -0.2) is 60.8 Å². The van der Waals surface area contributed by atoms with Gasteiger partial charge in [-0.25, -0.2) is 19.9 Å². The van der Waals surface area contributed by atoms with E-state index in [1.807, 2.05) is 12.1 Å². The molecule has 0 atom stereocenters. The number of fused-ring (bicyclic) bond motifs is 1. The highest BCUT2D eigenvalue weighted by atomic mass is 16.5. The lowest BCUT2D eigenvalue weighted by molar-refractivity contribution is -0.118.